The average Bonchev–Trinajstić information content (AvgIpc) is 2.43. The van der Waals surface area contributed by atoms with E-state index >= 15 is 0 Å². The number of aromatic nitrogens is 2. The summed E-state index contributed by atoms with van der Waals surface area (Å²) in [6.45, 7) is 4.84. The SMILES string of the molecule is CCCNc1nc(Cc2ccccc2F)nc(C)c1Br. The molecule has 1 aromatic heterocycles. The van der Waals surface area contributed by atoms with Gasteiger partial charge >= 0.3 is 0 Å². The molecule has 2 aromatic rings. The number of halogens is 2. The number of hydrogen-bond acceptors (Lipinski definition) is 3. The maximum Gasteiger partial charge on any atom is 0.144 e. The molecular formula is C15H17BrFN3. The zero-order valence-electron chi connectivity index (χ0n) is 11.6. The number of benzene rings is 1. The van der Waals surface area contributed by atoms with Crippen molar-refractivity contribution < 1.29 is 4.39 Å². The van der Waals surface area contributed by atoms with E-state index in [-0.39, 0.29) is 5.82 Å². The molecule has 1 aromatic carbocycles. The summed E-state index contributed by atoms with van der Waals surface area (Å²) in [5.41, 5.74) is 1.46. The summed E-state index contributed by atoms with van der Waals surface area (Å²) >= 11 is 3.48. The molecule has 106 valence electrons. The second-order valence-electron chi connectivity index (χ2n) is 4.58. The van der Waals surface area contributed by atoms with Gasteiger partial charge in [0.05, 0.1) is 10.2 Å². The van der Waals surface area contributed by atoms with Crippen LogP contribution in [0.1, 0.15) is 30.4 Å². The molecular weight excluding hydrogens is 321 g/mol. The van der Waals surface area contributed by atoms with Crippen molar-refractivity contribution in [3.05, 3.63) is 51.6 Å². The zero-order valence-corrected chi connectivity index (χ0v) is 13.2. The van der Waals surface area contributed by atoms with E-state index in [0.717, 1.165) is 29.0 Å². The van der Waals surface area contributed by atoms with Gasteiger partial charge in [0.1, 0.15) is 17.5 Å². The van der Waals surface area contributed by atoms with E-state index in [0.29, 0.717) is 17.8 Å². The van der Waals surface area contributed by atoms with Crippen LogP contribution in [-0.4, -0.2) is 16.5 Å². The third-order valence-corrected chi connectivity index (χ3v) is 3.86. The molecule has 0 aliphatic carbocycles. The highest BCUT2D eigenvalue weighted by atomic mass is 79.9. The molecule has 0 aliphatic rings. The molecule has 0 radical (unpaired) electrons. The van der Waals surface area contributed by atoms with Crippen LogP contribution in [0.25, 0.3) is 0 Å². The first-order chi connectivity index (χ1) is 9.61. The van der Waals surface area contributed by atoms with Crippen LogP contribution in [-0.2, 0) is 6.42 Å². The Bertz CT molecular complexity index is 602. The highest BCUT2D eigenvalue weighted by molar-refractivity contribution is 9.10. The first kappa shape index (κ1) is 14.9. The lowest BCUT2D eigenvalue weighted by molar-refractivity contribution is 0.612. The van der Waals surface area contributed by atoms with E-state index in [1.165, 1.54) is 6.07 Å². The van der Waals surface area contributed by atoms with Gasteiger partial charge in [-0.25, -0.2) is 14.4 Å². The summed E-state index contributed by atoms with van der Waals surface area (Å²) in [5, 5.41) is 3.25. The van der Waals surface area contributed by atoms with E-state index in [4.69, 9.17) is 0 Å². The number of anilines is 1. The van der Waals surface area contributed by atoms with E-state index in [2.05, 4.69) is 38.1 Å². The number of hydrogen-bond donors (Lipinski definition) is 1. The minimum Gasteiger partial charge on any atom is -0.369 e. The van der Waals surface area contributed by atoms with Crippen molar-refractivity contribution in [3.63, 3.8) is 0 Å². The van der Waals surface area contributed by atoms with Crippen molar-refractivity contribution in [3.8, 4) is 0 Å². The van der Waals surface area contributed by atoms with Crippen LogP contribution in [0.3, 0.4) is 0 Å². The molecule has 3 nitrogen and oxygen atoms in total. The third kappa shape index (κ3) is 3.54. The second kappa shape index (κ2) is 6.79. The smallest absolute Gasteiger partial charge is 0.144 e. The van der Waals surface area contributed by atoms with Crippen LogP contribution >= 0.6 is 15.9 Å². The Hall–Kier alpha value is -1.49. The Morgan fingerprint density at radius 3 is 2.70 bits per heavy atom. The predicted octanol–water partition coefficient (Wildman–Crippen LogP) is 4.10. The Labute approximate surface area is 126 Å². The largest absolute Gasteiger partial charge is 0.369 e. The van der Waals surface area contributed by atoms with Gasteiger partial charge in [-0.05, 0) is 40.9 Å². The summed E-state index contributed by atoms with van der Waals surface area (Å²) in [4.78, 5) is 8.88. The Morgan fingerprint density at radius 1 is 1.25 bits per heavy atom. The van der Waals surface area contributed by atoms with Crippen molar-refractivity contribution in [2.24, 2.45) is 0 Å². The molecule has 0 spiro atoms. The fourth-order valence-corrected chi connectivity index (χ4v) is 2.19. The summed E-state index contributed by atoms with van der Waals surface area (Å²) < 4.78 is 14.5. The lowest BCUT2D eigenvalue weighted by atomic mass is 10.1. The first-order valence-corrected chi connectivity index (χ1v) is 7.41. The van der Waals surface area contributed by atoms with Crippen LogP contribution in [0.4, 0.5) is 10.2 Å². The van der Waals surface area contributed by atoms with Crippen molar-refractivity contribution in [2.75, 3.05) is 11.9 Å². The number of aryl methyl sites for hydroxylation is 1. The summed E-state index contributed by atoms with van der Waals surface area (Å²) in [5.74, 6) is 1.17. The molecule has 5 heteroatoms. The standard InChI is InChI=1S/C15H17BrFN3/c1-3-8-18-15-14(16)10(2)19-13(20-15)9-11-6-4-5-7-12(11)17/h4-7H,3,8-9H2,1-2H3,(H,18,19,20). The summed E-state index contributed by atoms with van der Waals surface area (Å²) in [7, 11) is 0. The third-order valence-electron chi connectivity index (χ3n) is 2.91. The van der Waals surface area contributed by atoms with E-state index < -0.39 is 0 Å². The summed E-state index contributed by atoms with van der Waals surface area (Å²) in [6, 6.07) is 6.72. The quantitative estimate of drug-likeness (QED) is 0.892. The van der Waals surface area contributed by atoms with Gasteiger partial charge in [-0.1, -0.05) is 25.1 Å². The van der Waals surface area contributed by atoms with Gasteiger partial charge in [0.2, 0.25) is 0 Å². The maximum atomic E-state index is 13.7. The Balaban J connectivity index is 2.28. The molecule has 0 unspecified atom stereocenters. The highest BCUT2D eigenvalue weighted by Gasteiger charge is 2.11. The van der Waals surface area contributed by atoms with Crippen LogP contribution < -0.4 is 5.32 Å². The van der Waals surface area contributed by atoms with Crippen LogP contribution in [0, 0.1) is 12.7 Å². The predicted molar refractivity (Wildman–Crippen MR) is 82.5 cm³/mol. The Kier molecular flexibility index (Phi) is 5.06. The Morgan fingerprint density at radius 2 is 2.00 bits per heavy atom. The summed E-state index contributed by atoms with van der Waals surface area (Å²) in [6.07, 6.45) is 1.40. The fraction of sp³-hybridized carbons (Fsp3) is 0.333. The molecule has 20 heavy (non-hydrogen) atoms. The van der Waals surface area contributed by atoms with Crippen molar-refractivity contribution in [1.29, 1.82) is 0 Å². The van der Waals surface area contributed by atoms with Crippen molar-refractivity contribution in [2.45, 2.75) is 26.7 Å². The minimum absolute atomic E-state index is 0.222. The number of rotatable bonds is 5. The molecule has 0 amide bonds. The number of nitrogens with zero attached hydrogens (tertiary/aromatic N) is 2. The normalized spacial score (nSPS) is 10.6. The molecule has 0 saturated heterocycles. The lowest BCUT2D eigenvalue weighted by Gasteiger charge is -2.11. The van der Waals surface area contributed by atoms with Crippen molar-refractivity contribution in [1.82, 2.24) is 9.97 Å². The molecule has 0 fully saturated rings. The molecule has 1 heterocycles. The van der Waals surface area contributed by atoms with Gasteiger partial charge in [-0.3, -0.25) is 0 Å². The lowest BCUT2D eigenvalue weighted by Crippen LogP contribution is -2.08. The molecule has 0 saturated carbocycles. The van der Waals surface area contributed by atoms with Gasteiger partial charge in [0.25, 0.3) is 0 Å². The van der Waals surface area contributed by atoms with Gasteiger partial charge in [0.15, 0.2) is 0 Å². The minimum atomic E-state index is -0.222. The topological polar surface area (TPSA) is 37.8 Å². The fourth-order valence-electron chi connectivity index (χ4n) is 1.87. The zero-order chi connectivity index (χ0) is 14.5. The van der Waals surface area contributed by atoms with Crippen LogP contribution in [0.15, 0.2) is 28.7 Å². The first-order valence-electron chi connectivity index (χ1n) is 6.62. The maximum absolute atomic E-state index is 13.7. The highest BCUT2D eigenvalue weighted by Crippen LogP contribution is 2.24. The van der Waals surface area contributed by atoms with Gasteiger partial charge in [-0.15, -0.1) is 0 Å². The molecule has 0 aliphatic heterocycles. The van der Waals surface area contributed by atoms with Gasteiger partial charge < -0.3 is 5.32 Å². The monoisotopic (exact) mass is 337 g/mol. The van der Waals surface area contributed by atoms with E-state index in [9.17, 15) is 4.39 Å². The molecule has 2 rings (SSSR count). The van der Waals surface area contributed by atoms with Crippen LogP contribution in [0.5, 0.6) is 0 Å². The van der Waals surface area contributed by atoms with E-state index in [1.807, 2.05) is 13.0 Å². The second-order valence-corrected chi connectivity index (χ2v) is 5.38. The molecule has 1 N–H and O–H groups in total. The van der Waals surface area contributed by atoms with Gasteiger partial charge in [-0.2, -0.15) is 0 Å². The van der Waals surface area contributed by atoms with Crippen molar-refractivity contribution >= 4 is 21.7 Å². The van der Waals surface area contributed by atoms with Gasteiger partial charge in [0, 0.05) is 13.0 Å². The average molecular weight is 338 g/mol. The molecule has 0 bridgehead atoms. The van der Waals surface area contributed by atoms with Crippen LogP contribution in [0.2, 0.25) is 0 Å². The molecule has 0 atom stereocenters. The number of nitrogens with one attached hydrogen (secondary N) is 1. The van der Waals surface area contributed by atoms with E-state index in [1.54, 1.807) is 12.1 Å².